The minimum Gasteiger partial charge on any atom is -0.319 e. The molecule has 1 N–H and O–H groups in total. The summed E-state index contributed by atoms with van der Waals surface area (Å²) in [5, 5.41) is 3.16. The van der Waals surface area contributed by atoms with Gasteiger partial charge >= 0.3 is 0 Å². The first-order valence-corrected chi connectivity index (χ1v) is 9.57. The maximum absolute atomic E-state index is 12.7. The molecule has 1 aliphatic rings. The van der Waals surface area contributed by atoms with Crippen molar-refractivity contribution in [3.05, 3.63) is 27.1 Å². The molecule has 4 nitrogen and oxygen atoms in total. The van der Waals surface area contributed by atoms with Crippen molar-refractivity contribution in [2.75, 3.05) is 26.7 Å². The summed E-state index contributed by atoms with van der Waals surface area (Å²) in [6, 6.07) is 5.23. The van der Waals surface area contributed by atoms with Gasteiger partial charge in [-0.25, -0.2) is 8.42 Å². The molecule has 1 aromatic rings. The molecule has 1 aliphatic heterocycles. The van der Waals surface area contributed by atoms with E-state index in [1.165, 1.54) is 0 Å². The molecule has 7 heteroatoms. The Morgan fingerprint density at radius 1 is 1.30 bits per heavy atom. The number of sulfonamides is 1. The van der Waals surface area contributed by atoms with Crippen molar-refractivity contribution in [1.82, 2.24) is 9.62 Å². The summed E-state index contributed by atoms with van der Waals surface area (Å²) in [6.45, 7) is 2.13. The van der Waals surface area contributed by atoms with E-state index in [2.05, 4.69) is 37.2 Å². The molecule has 0 aromatic heterocycles. The Kier molecular flexibility index (Phi) is 5.64. The molecule has 1 fully saturated rings. The summed E-state index contributed by atoms with van der Waals surface area (Å²) in [5.74, 6) is 0.567. The predicted molar refractivity (Wildman–Crippen MR) is 87.3 cm³/mol. The summed E-state index contributed by atoms with van der Waals surface area (Å²) in [5.41, 5.74) is 0. The largest absolute Gasteiger partial charge is 0.319 e. The second-order valence-electron chi connectivity index (χ2n) is 4.98. The lowest BCUT2D eigenvalue weighted by Crippen LogP contribution is -2.40. The lowest BCUT2D eigenvalue weighted by atomic mass is 9.98. The molecular formula is C13H18Br2N2O2S. The van der Waals surface area contributed by atoms with Crippen LogP contribution in [0.2, 0.25) is 0 Å². The van der Waals surface area contributed by atoms with Crippen molar-refractivity contribution in [1.29, 1.82) is 0 Å². The van der Waals surface area contributed by atoms with Crippen molar-refractivity contribution in [2.45, 2.75) is 17.7 Å². The first-order chi connectivity index (χ1) is 9.45. The van der Waals surface area contributed by atoms with Crippen LogP contribution < -0.4 is 5.32 Å². The molecule has 1 aromatic carbocycles. The summed E-state index contributed by atoms with van der Waals surface area (Å²) >= 11 is 6.66. The standard InChI is InChI=1S/C13H18Br2N2O2S/c1-16-9-10-4-6-17(7-5-10)20(18,19)13-8-11(14)2-3-12(13)15/h2-3,8,10,16H,4-7,9H2,1H3. The van der Waals surface area contributed by atoms with Crippen LogP contribution in [0.15, 0.2) is 32.0 Å². The van der Waals surface area contributed by atoms with Crippen molar-refractivity contribution in [3.63, 3.8) is 0 Å². The number of benzene rings is 1. The molecule has 0 radical (unpaired) electrons. The second kappa shape index (κ2) is 6.87. The quantitative estimate of drug-likeness (QED) is 0.806. The monoisotopic (exact) mass is 424 g/mol. The lowest BCUT2D eigenvalue weighted by molar-refractivity contribution is 0.270. The Balaban J connectivity index is 2.18. The highest BCUT2D eigenvalue weighted by Crippen LogP contribution is 2.30. The van der Waals surface area contributed by atoms with Gasteiger partial charge in [-0.2, -0.15) is 4.31 Å². The molecule has 0 bridgehead atoms. The summed E-state index contributed by atoms with van der Waals surface area (Å²) in [6.07, 6.45) is 1.82. The predicted octanol–water partition coefficient (Wildman–Crippen LogP) is 2.83. The number of nitrogens with zero attached hydrogens (tertiary/aromatic N) is 1. The van der Waals surface area contributed by atoms with Gasteiger partial charge in [0.2, 0.25) is 10.0 Å². The molecule has 1 heterocycles. The number of hydrogen-bond acceptors (Lipinski definition) is 3. The number of halogens is 2. The third-order valence-corrected chi connectivity index (χ3v) is 6.96. The van der Waals surface area contributed by atoms with Crippen LogP contribution in [0.5, 0.6) is 0 Å². The van der Waals surface area contributed by atoms with Crippen LogP contribution >= 0.6 is 31.9 Å². The van der Waals surface area contributed by atoms with Crippen LogP contribution in [-0.2, 0) is 10.0 Å². The first-order valence-electron chi connectivity index (χ1n) is 6.55. The minimum absolute atomic E-state index is 0.332. The minimum atomic E-state index is -3.42. The van der Waals surface area contributed by atoms with Crippen molar-refractivity contribution >= 4 is 41.9 Å². The van der Waals surface area contributed by atoms with Gasteiger partial charge in [0.05, 0.1) is 4.90 Å². The van der Waals surface area contributed by atoms with Gasteiger partial charge in [0.15, 0.2) is 0 Å². The number of piperidine rings is 1. The van der Waals surface area contributed by atoms with E-state index in [-0.39, 0.29) is 0 Å². The van der Waals surface area contributed by atoms with Crippen LogP contribution in [-0.4, -0.2) is 39.4 Å². The topological polar surface area (TPSA) is 49.4 Å². The Morgan fingerprint density at radius 2 is 1.95 bits per heavy atom. The van der Waals surface area contributed by atoms with E-state index in [0.717, 1.165) is 23.9 Å². The van der Waals surface area contributed by atoms with Crippen molar-refractivity contribution in [3.8, 4) is 0 Å². The molecule has 1 saturated heterocycles. The molecule has 0 saturated carbocycles. The van der Waals surface area contributed by atoms with Crippen LogP contribution in [0, 0.1) is 5.92 Å². The Morgan fingerprint density at radius 3 is 2.55 bits per heavy atom. The molecule has 0 amide bonds. The van der Waals surface area contributed by atoms with Gasteiger partial charge in [0, 0.05) is 22.0 Å². The van der Waals surface area contributed by atoms with E-state index in [4.69, 9.17) is 0 Å². The van der Waals surface area contributed by atoms with E-state index in [0.29, 0.717) is 28.4 Å². The summed E-state index contributed by atoms with van der Waals surface area (Å²) in [4.78, 5) is 0.332. The smallest absolute Gasteiger partial charge is 0.244 e. The average molecular weight is 426 g/mol. The Bertz CT molecular complexity index is 570. The van der Waals surface area contributed by atoms with Crippen LogP contribution in [0.4, 0.5) is 0 Å². The number of rotatable bonds is 4. The van der Waals surface area contributed by atoms with Gasteiger partial charge < -0.3 is 5.32 Å². The highest BCUT2D eigenvalue weighted by molar-refractivity contribution is 9.11. The number of hydrogen-bond donors (Lipinski definition) is 1. The van der Waals surface area contributed by atoms with Crippen LogP contribution in [0.3, 0.4) is 0 Å². The maximum atomic E-state index is 12.7. The van der Waals surface area contributed by atoms with E-state index in [1.807, 2.05) is 13.1 Å². The van der Waals surface area contributed by atoms with Gasteiger partial charge in [-0.15, -0.1) is 0 Å². The fourth-order valence-electron chi connectivity index (χ4n) is 2.46. The Labute approximate surface area is 137 Å². The normalized spacial score (nSPS) is 18.4. The molecule has 0 atom stereocenters. The molecule has 2 rings (SSSR count). The zero-order chi connectivity index (χ0) is 14.8. The van der Waals surface area contributed by atoms with E-state index in [1.54, 1.807) is 16.4 Å². The van der Waals surface area contributed by atoms with Gasteiger partial charge in [0.1, 0.15) is 0 Å². The molecule has 0 aliphatic carbocycles. The maximum Gasteiger partial charge on any atom is 0.244 e. The highest BCUT2D eigenvalue weighted by atomic mass is 79.9. The zero-order valence-corrected chi connectivity index (χ0v) is 15.3. The van der Waals surface area contributed by atoms with Gasteiger partial charge in [-0.05, 0) is 66.5 Å². The third kappa shape index (κ3) is 3.62. The molecule has 112 valence electrons. The van der Waals surface area contributed by atoms with Crippen molar-refractivity contribution < 1.29 is 8.42 Å². The van der Waals surface area contributed by atoms with Crippen LogP contribution in [0.25, 0.3) is 0 Å². The van der Waals surface area contributed by atoms with Crippen molar-refractivity contribution in [2.24, 2.45) is 5.92 Å². The van der Waals surface area contributed by atoms with Gasteiger partial charge in [-0.3, -0.25) is 0 Å². The fourth-order valence-corrected chi connectivity index (χ4v) is 5.39. The zero-order valence-electron chi connectivity index (χ0n) is 11.3. The molecular weight excluding hydrogens is 408 g/mol. The highest BCUT2D eigenvalue weighted by Gasteiger charge is 2.30. The van der Waals surface area contributed by atoms with E-state index < -0.39 is 10.0 Å². The van der Waals surface area contributed by atoms with Gasteiger partial charge in [-0.1, -0.05) is 15.9 Å². The lowest BCUT2D eigenvalue weighted by Gasteiger charge is -2.31. The second-order valence-corrected chi connectivity index (χ2v) is 8.66. The summed E-state index contributed by atoms with van der Waals surface area (Å²) < 4.78 is 28.3. The number of nitrogens with one attached hydrogen (secondary N) is 1. The SMILES string of the molecule is CNCC1CCN(S(=O)(=O)c2cc(Br)ccc2Br)CC1. The van der Waals surface area contributed by atoms with Crippen LogP contribution in [0.1, 0.15) is 12.8 Å². The van der Waals surface area contributed by atoms with E-state index in [9.17, 15) is 8.42 Å². The molecule has 0 unspecified atom stereocenters. The molecule has 0 spiro atoms. The first kappa shape index (κ1) is 16.4. The third-order valence-electron chi connectivity index (χ3n) is 3.58. The average Bonchev–Trinajstić information content (AvgIpc) is 2.42. The Hall–Kier alpha value is 0.0500. The fraction of sp³-hybridized carbons (Fsp3) is 0.538. The summed E-state index contributed by atoms with van der Waals surface area (Å²) in [7, 11) is -1.49. The van der Waals surface area contributed by atoms with E-state index >= 15 is 0 Å². The molecule has 20 heavy (non-hydrogen) atoms. The van der Waals surface area contributed by atoms with Gasteiger partial charge in [0.25, 0.3) is 0 Å².